The summed E-state index contributed by atoms with van der Waals surface area (Å²) in [5.74, 6) is -1.89. The van der Waals surface area contributed by atoms with Crippen LogP contribution in [0, 0.1) is 0 Å². The summed E-state index contributed by atoms with van der Waals surface area (Å²) in [4.78, 5) is 25.8. The van der Waals surface area contributed by atoms with Gasteiger partial charge in [-0.15, -0.1) is 0 Å². The number of sulfonamides is 1. The fourth-order valence-electron chi connectivity index (χ4n) is 3.28. The molecule has 1 saturated heterocycles. The summed E-state index contributed by atoms with van der Waals surface area (Å²) in [7, 11) is -4.17. The van der Waals surface area contributed by atoms with Crippen molar-refractivity contribution in [3.63, 3.8) is 0 Å². The number of rotatable bonds is 7. The lowest BCUT2D eigenvalue weighted by Crippen LogP contribution is -2.43. The van der Waals surface area contributed by atoms with E-state index in [1.54, 1.807) is 62.4 Å². The van der Waals surface area contributed by atoms with E-state index in [9.17, 15) is 18.0 Å². The normalized spacial score (nSPS) is 20.2. The number of carbonyl (C=O) groups excluding carboxylic acids is 2. The molecule has 2 aromatic rings. The number of carbonyl (C=O) groups is 2. The number of hydrogen-bond acceptors (Lipinski definition) is 6. The standard InChI is InChI=1S/C20H21NO6S/c1-3-26-18(22)20(19(23)27-4-2)17(15-11-7-5-8-12-15)21(20)28(24,25)16-13-9-6-10-14-16/h5-14,17H,3-4H2,1-2H3. The van der Waals surface area contributed by atoms with E-state index in [0.29, 0.717) is 5.56 Å². The van der Waals surface area contributed by atoms with E-state index in [1.807, 2.05) is 0 Å². The monoisotopic (exact) mass is 403 g/mol. The van der Waals surface area contributed by atoms with E-state index < -0.39 is 33.5 Å². The Kier molecular flexibility index (Phi) is 5.53. The van der Waals surface area contributed by atoms with Gasteiger partial charge in [0.15, 0.2) is 0 Å². The molecule has 0 radical (unpaired) electrons. The maximum absolute atomic E-state index is 13.3. The van der Waals surface area contributed by atoms with Gasteiger partial charge in [0, 0.05) is 0 Å². The summed E-state index contributed by atoms with van der Waals surface area (Å²) in [6.45, 7) is 3.18. The van der Waals surface area contributed by atoms with E-state index >= 15 is 0 Å². The van der Waals surface area contributed by atoms with Crippen molar-refractivity contribution in [1.29, 1.82) is 0 Å². The van der Waals surface area contributed by atoms with Gasteiger partial charge in [-0.25, -0.2) is 18.0 Å². The third kappa shape index (κ3) is 3.08. The van der Waals surface area contributed by atoms with Gasteiger partial charge in [0.1, 0.15) is 0 Å². The molecule has 1 aliphatic rings. The molecule has 0 saturated carbocycles. The zero-order valence-corrected chi connectivity index (χ0v) is 16.4. The highest BCUT2D eigenvalue weighted by molar-refractivity contribution is 7.89. The number of hydrogen-bond donors (Lipinski definition) is 0. The molecule has 0 N–H and O–H groups in total. The second-order valence-electron chi connectivity index (χ2n) is 6.13. The fourth-order valence-corrected chi connectivity index (χ4v) is 5.14. The van der Waals surface area contributed by atoms with Crippen molar-refractivity contribution >= 4 is 22.0 Å². The van der Waals surface area contributed by atoms with Gasteiger partial charge in [0.05, 0.1) is 24.2 Å². The Bertz CT molecular complexity index is 941. The van der Waals surface area contributed by atoms with Crippen LogP contribution in [-0.4, -0.2) is 43.4 Å². The first kappa shape index (κ1) is 20.0. The van der Waals surface area contributed by atoms with Crippen LogP contribution in [0.3, 0.4) is 0 Å². The number of esters is 2. The summed E-state index contributed by atoms with van der Waals surface area (Å²) in [6.07, 6.45) is 0. The molecular formula is C20H21NO6S. The highest BCUT2D eigenvalue weighted by Crippen LogP contribution is 2.58. The molecule has 0 aliphatic carbocycles. The fraction of sp³-hybridized carbons (Fsp3) is 0.300. The van der Waals surface area contributed by atoms with Crippen LogP contribution >= 0.6 is 0 Å². The SMILES string of the molecule is CCOC(=O)C1(C(=O)OCC)C(c2ccccc2)N1S(=O)(=O)c1ccccc1. The van der Waals surface area contributed by atoms with Crippen molar-refractivity contribution in [3.05, 3.63) is 66.2 Å². The molecule has 2 unspecified atom stereocenters. The van der Waals surface area contributed by atoms with Crippen LogP contribution in [-0.2, 0) is 29.1 Å². The van der Waals surface area contributed by atoms with Gasteiger partial charge in [-0.2, -0.15) is 4.31 Å². The molecule has 0 amide bonds. The third-order valence-corrected chi connectivity index (χ3v) is 6.38. The summed E-state index contributed by atoms with van der Waals surface area (Å²) >= 11 is 0. The molecule has 148 valence electrons. The van der Waals surface area contributed by atoms with Gasteiger partial charge >= 0.3 is 11.9 Å². The van der Waals surface area contributed by atoms with Gasteiger partial charge in [-0.05, 0) is 31.5 Å². The minimum atomic E-state index is -4.17. The predicted octanol–water partition coefficient (Wildman–Crippen LogP) is 2.30. The molecule has 28 heavy (non-hydrogen) atoms. The van der Waals surface area contributed by atoms with Crippen LogP contribution < -0.4 is 0 Å². The molecule has 1 aliphatic heterocycles. The quantitative estimate of drug-likeness (QED) is 0.400. The Morgan fingerprint density at radius 1 is 0.893 bits per heavy atom. The van der Waals surface area contributed by atoms with Crippen LogP contribution in [0.25, 0.3) is 0 Å². The first-order valence-corrected chi connectivity index (χ1v) is 10.3. The van der Waals surface area contributed by atoms with E-state index in [-0.39, 0.29) is 18.1 Å². The minimum Gasteiger partial charge on any atom is -0.464 e. The van der Waals surface area contributed by atoms with Crippen molar-refractivity contribution in [1.82, 2.24) is 4.31 Å². The first-order chi connectivity index (χ1) is 13.4. The second-order valence-corrected chi connectivity index (χ2v) is 7.95. The highest BCUT2D eigenvalue weighted by Gasteiger charge is 2.80. The summed E-state index contributed by atoms with van der Waals surface area (Å²) in [5.41, 5.74) is -1.58. The molecular weight excluding hydrogens is 382 g/mol. The van der Waals surface area contributed by atoms with E-state index in [2.05, 4.69) is 0 Å². The van der Waals surface area contributed by atoms with Crippen molar-refractivity contribution in [2.75, 3.05) is 13.2 Å². The lowest BCUT2D eigenvalue weighted by atomic mass is 9.99. The maximum atomic E-state index is 13.3. The third-order valence-electron chi connectivity index (χ3n) is 4.50. The maximum Gasteiger partial charge on any atom is 0.341 e. The lowest BCUT2D eigenvalue weighted by molar-refractivity contribution is -0.160. The van der Waals surface area contributed by atoms with Gasteiger partial charge in [0.2, 0.25) is 10.0 Å². The Labute approximate surface area is 163 Å². The minimum absolute atomic E-state index is 0.000717. The van der Waals surface area contributed by atoms with E-state index in [0.717, 1.165) is 4.31 Å². The summed E-state index contributed by atoms with van der Waals surface area (Å²) in [6, 6.07) is 15.1. The molecule has 2 atom stereocenters. The molecule has 2 aromatic carbocycles. The second kappa shape index (κ2) is 7.73. The van der Waals surface area contributed by atoms with Gasteiger partial charge in [0.25, 0.3) is 5.54 Å². The van der Waals surface area contributed by atoms with Gasteiger partial charge < -0.3 is 9.47 Å². The molecule has 0 bridgehead atoms. The zero-order chi connectivity index (χ0) is 20.4. The average molecular weight is 403 g/mol. The van der Waals surface area contributed by atoms with Gasteiger partial charge in [-0.1, -0.05) is 48.5 Å². The number of benzene rings is 2. The van der Waals surface area contributed by atoms with Crippen molar-refractivity contribution < 1.29 is 27.5 Å². The van der Waals surface area contributed by atoms with Gasteiger partial charge in [-0.3, -0.25) is 0 Å². The predicted molar refractivity (Wildman–Crippen MR) is 101 cm³/mol. The number of ether oxygens (including phenoxy) is 2. The van der Waals surface area contributed by atoms with Crippen molar-refractivity contribution in [2.45, 2.75) is 30.3 Å². The zero-order valence-electron chi connectivity index (χ0n) is 15.6. The Morgan fingerprint density at radius 3 is 1.82 bits per heavy atom. The molecule has 0 aromatic heterocycles. The van der Waals surface area contributed by atoms with Crippen LogP contribution in [0.15, 0.2) is 65.6 Å². The van der Waals surface area contributed by atoms with E-state index in [1.165, 1.54) is 12.1 Å². The van der Waals surface area contributed by atoms with Crippen LogP contribution in [0.5, 0.6) is 0 Å². The van der Waals surface area contributed by atoms with Crippen LogP contribution in [0.2, 0.25) is 0 Å². The summed E-state index contributed by atoms with van der Waals surface area (Å²) < 4.78 is 37.7. The number of nitrogens with zero attached hydrogens (tertiary/aromatic N) is 1. The molecule has 8 heteroatoms. The molecule has 1 heterocycles. The Morgan fingerprint density at radius 2 is 1.36 bits per heavy atom. The van der Waals surface area contributed by atoms with Crippen molar-refractivity contribution in [3.8, 4) is 0 Å². The van der Waals surface area contributed by atoms with E-state index in [4.69, 9.17) is 9.47 Å². The highest BCUT2D eigenvalue weighted by atomic mass is 32.2. The molecule has 7 nitrogen and oxygen atoms in total. The van der Waals surface area contributed by atoms with Crippen LogP contribution in [0.1, 0.15) is 25.5 Å². The topological polar surface area (TPSA) is 89.8 Å². The molecule has 0 spiro atoms. The van der Waals surface area contributed by atoms with Crippen LogP contribution in [0.4, 0.5) is 0 Å². The summed E-state index contributed by atoms with van der Waals surface area (Å²) in [5, 5.41) is 0. The Hall–Kier alpha value is -2.71. The lowest BCUT2D eigenvalue weighted by Gasteiger charge is -2.15. The molecule has 3 rings (SSSR count). The largest absolute Gasteiger partial charge is 0.464 e. The van der Waals surface area contributed by atoms with Crippen molar-refractivity contribution in [2.24, 2.45) is 0 Å². The first-order valence-electron chi connectivity index (χ1n) is 8.91. The average Bonchev–Trinajstić information content (AvgIpc) is 3.42. The Balaban J connectivity index is 2.19. The molecule has 1 fully saturated rings. The smallest absolute Gasteiger partial charge is 0.341 e.